The molecule has 6 heteroatoms. The van der Waals surface area contributed by atoms with Crippen molar-refractivity contribution in [2.75, 3.05) is 11.9 Å². The van der Waals surface area contributed by atoms with Gasteiger partial charge in [-0.25, -0.2) is 4.79 Å². The highest BCUT2D eigenvalue weighted by atomic mass is 35.5. The maximum Gasteiger partial charge on any atom is 0.336 e. The van der Waals surface area contributed by atoms with Gasteiger partial charge in [0.1, 0.15) is 11.3 Å². The minimum Gasteiger partial charge on any atom is -0.483 e. The first-order valence-electron chi connectivity index (χ1n) is 9.23. The molecule has 3 aromatic rings. The first-order valence-corrected chi connectivity index (χ1v) is 9.61. The van der Waals surface area contributed by atoms with Crippen LogP contribution in [0.15, 0.2) is 51.7 Å². The lowest BCUT2D eigenvalue weighted by Gasteiger charge is -2.13. The van der Waals surface area contributed by atoms with E-state index in [1.807, 2.05) is 13.0 Å². The zero-order valence-electron chi connectivity index (χ0n) is 15.9. The van der Waals surface area contributed by atoms with E-state index in [2.05, 4.69) is 12.2 Å². The molecule has 0 aliphatic heterocycles. The smallest absolute Gasteiger partial charge is 0.336 e. The molecule has 5 nitrogen and oxygen atoms in total. The summed E-state index contributed by atoms with van der Waals surface area (Å²) in [5.41, 5.74) is 2.31. The number of aryl methyl sites for hydroxylation is 2. The summed E-state index contributed by atoms with van der Waals surface area (Å²) in [6.45, 7) is 3.74. The normalized spacial score (nSPS) is 10.8. The second-order valence-electron chi connectivity index (χ2n) is 6.58. The Morgan fingerprint density at radius 1 is 1.21 bits per heavy atom. The van der Waals surface area contributed by atoms with Crippen molar-refractivity contribution in [2.24, 2.45) is 0 Å². The van der Waals surface area contributed by atoms with Crippen molar-refractivity contribution in [1.29, 1.82) is 0 Å². The van der Waals surface area contributed by atoms with Crippen molar-refractivity contribution < 1.29 is 13.9 Å². The minimum absolute atomic E-state index is 0.183. The van der Waals surface area contributed by atoms with Gasteiger partial charge in [0.15, 0.2) is 6.61 Å². The average Bonchev–Trinajstić information content (AvgIpc) is 2.68. The van der Waals surface area contributed by atoms with Crippen LogP contribution in [-0.2, 0) is 11.2 Å². The summed E-state index contributed by atoms with van der Waals surface area (Å²) in [5, 5.41) is 4.07. The predicted molar refractivity (Wildman–Crippen MR) is 111 cm³/mol. The molecule has 0 aliphatic rings. The number of nitrogens with one attached hydrogen (secondary N) is 1. The van der Waals surface area contributed by atoms with Gasteiger partial charge in [0, 0.05) is 17.0 Å². The molecule has 0 fully saturated rings. The second kappa shape index (κ2) is 8.93. The van der Waals surface area contributed by atoms with Crippen molar-refractivity contribution in [3.8, 4) is 5.75 Å². The van der Waals surface area contributed by atoms with Crippen LogP contribution in [0.4, 0.5) is 5.69 Å². The predicted octanol–water partition coefficient (Wildman–Crippen LogP) is 5.11. The summed E-state index contributed by atoms with van der Waals surface area (Å²) < 4.78 is 11.1. The van der Waals surface area contributed by atoms with E-state index in [4.69, 9.17) is 20.8 Å². The largest absolute Gasteiger partial charge is 0.483 e. The fourth-order valence-corrected chi connectivity index (χ4v) is 3.21. The Morgan fingerprint density at radius 2 is 2.00 bits per heavy atom. The maximum absolute atomic E-state index is 12.2. The quantitative estimate of drug-likeness (QED) is 0.560. The highest BCUT2D eigenvalue weighted by Crippen LogP contribution is 2.29. The van der Waals surface area contributed by atoms with Crippen LogP contribution >= 0.6 is 11.6 Å². The Balaban J connectivity index is 1.78. The Labute approximate surface area is 168 Å². The number of carbonyl (C=O) groups excluding carboxylic acids is 1. The van der Waals surface area contributed by atoms with Crippen molar-refractivity contribution in [3.05, 3.63) is 69.0 Å². The van der Waals surface area contributed by atoms with Gasteiger partial charge in [-0.15, -0.1) is 0 Å². The zero-order chi connectivity index (χ0) is 20.1. The van der Waals surface area contributed by atoms with Crippen molar-refractivity contribution in [2.45, 2.75) is 33.1 Å². The van der Waals surface area contributed by atoms with E-state index in [1.165, 1.54) is 0 Å². The zero-order valence-corrected chi connectivity index (χ0v) is 16.6. The lowest BCUT2D eigenvalue weighted by molar-refractivity contribution is -0.118. The van der Waals surface area contributed by atoms with Crippen LogP contribution in [0.25, 0.3) is 11.0 Å². The molecule has 0 radical (unpaired) electrons. The van der Waals surface area contributed by atoms with Gasteiger partial charge < -0.3 is 14.5 Å². The number of ether oxygens (including phenoxy) is 1. The number of anilines is 1. The molecule has 1 amide bonds. The summed E-state index contributed by atoms with van der Waals surface area (Å²) in [6.07, 6.45) is 2.86. The van der Waals surface area contributed by atoms with Crippen molar-refractivity contribution >= 4 is 34.2 Å². The molecular weight excluding hydrogens is 378 g/mol. The molecule has 1 aromatic heterocycles. The number of fused-ring (bicyclic) bond motifs is 1. The van der Waals surface area contributed by atoms with E-state index in [1.54, 1.807) is 36.4 Å². The van der Waals surface area contributed by atoms with E-state index in [9.17, 15) is 9.59 Å². The summed E-state index contributed by atoms with van der Waals surface area (Å²) in [4.78, 5) is 24.1. The fraction of sp³-hybridized carbons (Fsp3) is 0.273. The standard InChI is InChI=1S/C22H22ClNO4/c1-3-4-7-15-12-21(26)28-22-14(2)19(11-10-16(15)22)27-13-20(25)24-18-9-6-5-8-17(18)23/h5-6,8-12H,3-4,7,13H2,1-2H3,(H,24,25). The van der Waals surface area contributed by atoms with Crippen LogP contribution in [0, 0.1) is 6.92 Å². The topological polar surface area (TPSA) is 68.5 Å². The second-order valence-corrected chi connectivity index (χ2v) is 6.98. The summed E-state index contributed by atoms with van der Waals surface area (Å²) in [5.74, 6) is 0.170. The van der Waals surface area contributed by atoms with Crippen LogP contribution in [0.5, 0.6) is 5.75 Å². The molecule has 146 valence electrons. The number of amides is 1. The van der Waals surface area contributed by atoms with E-state index in [-0.39, 0.29) is 18.1 Å². The van der Waals surface area contributed by atoms with Crippen LogP contribution < -0.4 is 15.7 Å². The molecule has 0 spiro atoms. The van der Waals surface area contributed by atoms with Gasteiger partial charge in [0.25, 0.3) is 5.91 Å². The highest BCUT2D eigenvalue weighted by molar-refractivity contribution is 6.33. The molecule has 0 saturated heterocycles. The van der Waals surface area contributed by atoms with Crippen LogP contribution in [0.1, 0.15) is 30.9 Å². The van der Waals surface area contributed by atoms with E-state index in [0.717, 1.165) is 30.2 Å². The van der Waals surface area contributed by atoms with Gasteiger partial charge in [-0.05, 0) is 49.6 Å². The number of rotatable bonds is 7. The van der Waals surface area contributed by atoms with Gasteiger partial charge in [-0.3, -0.25) is 4.79 Å². The molecule has 0 unspecified atom stereocenters. The number of unbranched alkanes of at least 4 members (excludes halogenated alkanes) is 1. The first-order chi connectivity index (χ1) is 13.5. The molecule has 2 aromatic carbocycles. The monoisotopic (exact) mass is 399 g/mol. The number of hydrogen-bond acceptors (Lipinski definition) is 4. The van der Waals surface area contributed by atoms with Crippen molar-refractivity contribution in [1.82, 2.24) is 0 Å². The third kappa shape index (κ3) is 4.54. The van der Waals surface area contributed by atoms with Crippen LogP contribution in [0.3, 0.4) is 0 Å². The van der Waals surface area contributed by atoms with E-state index < -0.39 is 0 Å². The molecular formula is C22H22ClNO4. The van der Waals surface area contributed by atoms with Gasteiger partial charge in [-0.2, -0.15) is 0 Å². The molecule has 0 bridgehead atoms. The highest BCUT2D eigenvalue weighted by Gasteiger charge is 2.13. The van der Waals surface area contributed by atoms with Crippen molar-refractivity contribution in [3.63, 3.8) is 0 Å². The molecule has 3 rings (SSSR count). The number of carbonyl (C=O) groups is 1. The number of halogens is 1. The summed E-state index contributed by atoms with van der Waals surface area (Å²) >= 11 is 6.04. The van der Waals surface area contributed by atoms with Crippen LogP contribution in [0.2, 0.25) is 5.02 Å². The molecule has 0 atom stereocenters. The molecule has 28 heavy (non-hydrogen) atoms. The minimum atomic E-state index is -0.379. The third-order valence-electron chi connectivity index (χ3n) is 4.50. The van der Waals surface area contributed by atoms with Gasteiger partial charge in [0.05, 0.1) is 10.7 Å². The van der Waals surface area contributed by atoms with Gasteiger partial charge in [-0.1, -0.05) is 37.1 Å². The van der Waals surface area contributed by atoms with Gasteiger partial charge >= 0.3 is 5.63 Å². The SMILES string of the molecule is CCCCc1cc(=O)oc2c(C)c(OCC(=O)Nc3ccccc3Cl)ccc12. The van der Waals surface area contributed by atoms with E-state index >= 15 is 0 Å². The molecule has 0 aliphatic carbocycles. The van der Waals surface area contributed by atoms with E-state index in [0.29, 0.717) is 27.6 Å². The average molecular weight is 400 g/mol. The number of para-hydroxylation sites is 1. The Bertz CT molecular complexity index is 1060. The molecule has 0 saturated carbocycles. The summed E-state index contributed by atoms with van der Waals surface area (Å²) in [6, 6.07) is 12.2. The maximum atomic E-state index is 12.2. The molecule has 1 N–H and O–H groups in total. The lowest BCUT2D eigenvalue weighted by atomic mass is 10.0. The van der Waals surface area contributed by atoms with Gasteiger partial charge in [0.2, 0.25) is 0 Å². The Kier molecular flexibility index (Phi) is 6.37. The Morgan fingerprint density at radius 3 is 2.75 bits per heavy atom. The third-order valence-corrected chi connectivity index (χ3v) is 4.83. The number of hydrogen-bond donors (Lipinski definition) is 1. The molecule has 1 heterocycles. The first kappa shape index (κ1) is 20.0. The van der Waals surface area contributed by atoms with Crippen LogP contribution in [-0.4, -0.2) is 12.5 Å². The lowest BCUT2D eigenvalue weighted by Crippen LogP contribution is -2.20. The summed E-state index contributed by atoms with van der Waals surface area (Å²) in [7, 11) is 0. The fourth-order valence-electron chi connectivity index (χ4n) is 3.03. The number of benzene rings is 2. The Hall–Kier alpha value is -2.79.